The highest BCUT2D eigenvalue weighted by molar-refractivity contribution is 5.83. The molecule has 0 saturated carbocycles. The molecule has 4 nitrogen and oxygen atoms in total. The predicted octanol–water partition coefficient (Wildman–Crippen LogP) is 1.56. The molecule has 1 unspecified atom stereocenters. The van der Waals surface area contributed by atoms with E-state index in [9.17, 15) is 4.79 Å². The largest absolute Gasteiger partial charge is 0.360 e. The van der Waals surface area contributed by atoms with E-state index in [-0.39, 0.29) is 6.04 Å². The number of aromatic amines is 1. The van der Waals surface area contributed by atoms with E-state index >= 15 is 0 Å². The van der Waals surface area contributed by atoms with Crippen molar-refractivity contribution in [2.75, 3.05) is 6.54 Å². The van der Waals surface area contributed by atoms with Crippen molar-refractivity contribution in [3.63, 3.8) is 0 Å². The zero-order valence-corrected chi connectivity index (χ0v) is 8.86. The minimum atomic E-state index is 0.116. The summed E-state index contributed by atoms with van der Waals surface area (Å²) in [6.45, 7) is 0.767. The number of ketones is 1. The Kier molecular flexibility index (Phi) is 2.22. The molecule has 82 valence electrons. The molecule has 16 heavy (non-hydrogen) atoms. The van der Waals surface area contributed by atoms with Crippen LogP contribution >= 0.6 is 0 Å². The van der Waals surface area contributed by atoms with E-state index < -0.39 is 0 Å². The molecule has 0 aliphatic carbocycles. The third-order valence-corrected chi connectivity index (χ3v) is 3.07. The second-order valence-corrected chi connectivity index (χ2v) is 4.14. The first-order chi connectivity index (χ1) is 7.84. The molecule has 0 spiro atoms. The first-order valence-electron chi connectivity index (χ1n) is 5.51. The smallest absolute Gasteiger partial charge is 0.136 e. The number of Topliss-reactive ketones (excluding diaryl/α,β-unsaturated/α-hetero) is 1. The summed E-state index contributed by atoms with van der Waals surface area (Å²) in [5.41, 5.74) is 3.09. The predicted molar refractivity (Wildman–Crippen MR) is 61.1 cm³/mol. The normalized spacial score (nSPS) is 21.5. The molecule has 3 rings (SSSR count). The summed E-state index contributed by atoms with van der Waals surface area (Å²) in [6.07, 6.45) is 4.95. The number of rotatable bonds is 1. The molecule has 0 aromatic carbocycles. The maximum Gasteiger partial charge on any atom is 0.136 e. The number of carbonyl (C=O) groups is 1. The Morgan fingerprint density at radius 2 is 2.38 bits per heavy atom. The molecule has 0 radical (unpaired) electrons. The topological polar surface area (TPSA) is 57.8 Å². The van der Waals surface area contributed by atoms with Crippen LogP contribution in [0.5, 0.6) is 0 Å². The molecule has 4 heteroatoms. The molecule has 1 atom stereocenters. The van der Waals surface area contributed by atoms with Crippen LogP contribution in [-0.2, 0) is 4.79 Å². The second kappa shape index (κ2) is 3.72. The number of H-pyrrole nitrogens is 1. The van der Waals surface area contributed by atoms with Gasteiger partial charge in [-0.05, 0) is 12.1 Å². The lowest BCUT2D eigenvalue weighted by molar-refractivity contribution is -0.120. The zero-order valence-electron chi connectivity index (χ0n) is 8.86. The van der Waals surface area contributed by atoms with Gasteiger partial charge < -0.3 is 10.3 Å². The quantitative estimate of drug-likeness (QED) is 0.759. The van der Waals surface area contributed by atoms with Crippen molar-refractivity contribution in [3.8, 4) is 0 Å². The Labute approximate surface area is 93.1 Å². The van der Waals surface area contributed by atoms with Crippen molar-refractivity contribution >= 4 is 16.8 Å². The summed E-state index contributed by atoms with van der Waals surface area (Å²) in [4.78, 5) is 19.0. The Bertz CT molecular complexity index is 532. The number of carbonyl (C=O) groups excluding carboxylic acids is 1. The summed E-state index contributed by atoms with van der Waals surface area (Å²) in [5, 5.41) is 3.36. The van der Waals surface area contributed by atoms with Gasteiger partial charge in [0.05, 0.1) is 11.0 Å². The van der Waals surface area contributed by atoms with Crippen molar-refractivity contribution in [3.05, 3.63) is 30.1 Å². The van der Waals surface area contributed by atoms with Crippen LogP contribution < -0.4 is 5.32 Å². The van der Waals surface area contributed by atoms with Gasteiger partial charge in [-0.3, -0.25) is 9.78 Å². The summed E-state index contributed by atoms with van der Waals surface area (Å²) in [7, 11) is 0. The van der Waals surface area contributed by atoms with Crippen LogP contribution in [0.3, 0.4) is 0 Å². The van der Waals surface area contributed by atoms with Gasteiger partial charge in [0.15, 0.2) is 0 Å². The maximum atomic E-state index is 11.4. The zero-order chi connectivity index (χ0) is 11.0. The Balaban J connectivity index is 2.02. The number of fused-ring (bicyclic) bond motifs is 1. The van der Waals surface area contributed by atoms with Crippen LogP contribution in [0.2, 0.25) is 0 Å². The van der Waals surface area contributed by atoms with E-state index in [0.717, 1.165) is 23.1 Å². The summed E-state index contributed by atoms with van der Waals surface area (Å²) in [5.74, 6) is 0.328. The third kappa shape index (κ3) is 1.51. The van der Waals surface area contributed by atoms with Gasteiger partial charge in [0, 0.05) is 43.4 Å². The molecule has 1 saturated heterocycles. The van der Waals surface area contributed by atoms with Gasteiger partial charge in [0.2, 0.25) is 0 Å². The van der Waals surface area contributed by atoms with Crippen molar-refractivity contribution in [2.24, 2.45) is 0 Å². The van der Waals surface area contributed by atoms with Crippen LogP contribution in [0.1, 0.15) is 24.4 Å². The first-order valence-corrected chi connectivity index (χ1v) is 5.51. The Morgan fingerprint density at radius 1 is 1.44 bits per heavy atom. The van der Waals surface area contributed by atoms with Crippen LogP contribution in [0.25, 0.3) is 11.0 Å². The van der Waals surface area contributed by atoms with Crippen molar-refractivity contribution < 1.29 is 4.79 Å². The highest BCUT2D eigenvalue weighted by Crippen LogP contribution is 2.26. The fourth-order valence-corrected chi connectivity index (χ4v) is 2.25. The van der Waals surface area contributed by atoms with E-state index in [2.05, 4.69) is 15.3 Å². The van der Waals surface area contributed by atoms with Gasteiger partial charge in [0.25, 0.3) is 0 Å². The summed E-state index contributed by atoms with van der Waals surface area (Å²) in [6, 6.07) is 4.02. The lowest BCUT2D eigenvalue weighted by Gasteiger charge is -2.21. The molecule has 1 aliphatic rings. The lowest BCUT2D eigenvalue weighted by atomic mass is 9.98. The molecule has 3 heterocycles. The fraction of sp³-hybridized carbons (Fsp3) is 0.333. The summed E-state index contributed by atoms with van der Waals surface area (Å²) < 4.78 is 0. The highest BCUT2D eigenvalue weighted by atomic mass is 16.1. The van der Waals surface area contributed by atoms with Gasteiger partial charge >= 0.3 is 0 Å². The molecule has 2 aromatic heterocycles. The molecule has 1 fully saturated rings. The van der Waals surface area contributed by atoms with Crippen molar-refractivity contribution in [1.29, 1.82) is 0 Å². The first kappa shape index (κ1) is 9.54. The SMILES string of the molecule is O=C1CCNC(c2c[nH]c3cccnc23)C1. The molecule has 2 N–H and O–H groups in total. The number of nitrogens with one attached hydrogen (secondary N) is 2. The Morgan fingerprint density at radius 3 is 3.25 bits per heavy atom. The van der Waals surface area contributed by atoms with Gasteiger partial charge in [-0.25, -0.2) is 0 Å². The van der Waals surface area contributed by atoms with E-state index in [1.807, 2.05) is 18.3 Å². The molecule has 0 bridgehead atoms. The van der Waals surface area contributed by atoms with Crippen molar-refractivity contribution in [2.45, 2.75) is 18.9 Å². The van der Waals surface area contributed by atoms with Gasteiger partial charge in [0.1, 0.15) is 5.78 Å². The van der Waals surface area contributed by atoms with Crippen LogP contribution in [0.4, 0.5) is 0 Å². The number of pyridine rings is 1. The average molecular weight is 215 g/mol. The number of nitrogens with zero attached hydrogens (tertiary/aromatic N) is 1. The van der Waals surface area contributed by atoms with Gasteiger partial charge in [-0.1, -0.05) is 0 Å². The standard InChI is InChI=1S/C12H13N3O/c16-8-3-5-13-11(6-8)9-7-15-10-2-1-4-14-12(9)10/h1-2,4,7,11,13,15H,3,5-6H2. The van der Waals surface area contributed by atoms with E-state index in [1.54, 1.807) is 6.20 Å². The number of piperidine rings is 1. The minimum Gasteiger partial charge on any atom is -0.360 e. The third-order valence-electron chi connectivity index (χ3n) is 3.07. The highest BCUT2D eigenvalue weighted by Gasteiger charge is 2.22. The number of aromatic nitrogens is 2. The Hall–Kier alpha value is -1.68. The molecule has 2 aromatic rings. The van der Waals surface area contributed by atoms with Crippen LogP contribution in [0, 0.1) is 0 Å². The van der Waals surface area contributed by atoms with E-state index in [4.69, 9.17) is 0 Å². The minimum absolute atomic E-state index is 0.116. The molecule has 1 aliphatic heterocycles. The molecular formula is C12H13N3O. The molecule has 0 amide bonds. The van der Waals surface area contributed by atoms with E-state index in [1.165, 1.54) is 0 Å². The fourth-order valence-electron chi connectivity index (χ4n) is 2.25. The van der Waals surface area contributed by atoms with E-state index in [0.29, 0.717) is 18.6 Å². The second-order valence-electron chi connectivity index (χ2n) is 4.14. The van der Waals surface area contributed by atoms with Crippen LogP contribution in [-0.4, -0.2) is 22.3 Å². The van der Waals surface area contributed by atoms with Crippen molar-refractivity contribution in [1.82, 2.24) is 15.3 Å². The number of hydrogen-bond donors (Lipinski definition) is 2. The summed E-state index contributed by atoms with van der Waals surface area (Å²) >= 11 is 0. The maximum absolute atomic E-state index is 11.4. The lowest BCUT2D eigenvalue weighted by Crippen LogP contribution is -2.31. The van der Waals surface area contributed by atoms with Gasteiger partial charge in [-0.15, -0.1) is 0 Å². The number of hydrogen-bond acceptors (Lipinski definition) is 3. The molecular weight excluding hydrogens is 202 g/mol. The van der Waals surface area contributed by atoms with Gasteiger partial charge in [-0.2, -0.15) is 0 Å². The van der Waals surface area contributed by atoms with Crippen LogP contribution in [0.15, 0.2) is 24.5 Å². The monoisotopic (exact) mass is 215 g/mol. The average Bonchev–Trinajstić information content (AvgIpc) is 2.72.